The lowest BCUT2D eigenvalue weighted by Crippen LogP contribution is -2.50. The molecule has 0 aromatic heterocycles. The lowest BCUT2D eigenvalue weighted by molar-refractivity contribution is 0.459. The third-order valence-corrected chi connectivity index (χ3v) is 6.12. The number of aliphatic imine (C=N–C) groups is 1. The van der Waals surface area contributed by atoms with Crippen molar-refractivity contribution < 1.29 is 8.78 Å². The van der Waals surface area contributed by atoms with Gasteiger partial charge in [0.25, 0.3) is 0 Å². The van der Waals surface area contributed by atoms with Gasteiger partial charge >= 0.3 is 0 Å². The molecule has 2 fully saturated rings. The number of nitrogens with zero attached hydrogens (tertiary/aromatic N) is 2. The molecule has 6 heteroatoms. The van der Waals surface area contributed by atoms with Gasteiger partial charge < -0.3 is 15.5 Å². The third kappa shape index (κ3) is 4.69. The SMILES string of the molecule is CN=C(NCC1(c2cccc(F)c2)CC1)NC1CCN(c2cccc(F)c2)CC1. The summed E-state index contributed by atoms with van der Waals surface area (Å²) in [4.78, 5) is 6.59. The monoisotopic (exact) mass is 398 g/mol. The van der Waals surface area contributed by atoms with Crippen molar-refractivity contribution in [3.63, 3.8) is 0 Å². The van der Waals surface area contributed by atoms with Gasteiger partial charge in [0.05, 0.1) is 0 Å². The molecule has 2 aliphatic rings. The maximum Gasteiger partial charge on any atom is 0.191 e. The number of halogens is 2. The number of hydrogen-bond donors (Lipinski definition) is 2. The fourth-order valence-electron chi connectivity index (χ4n) is 4.13. The summed E-state index contributed by atoms with van der Waals surface area (Å²) in [6.45, 7) is 2.51. The minimum Gasteiger partial charge on any atom is -0.371 e. The second-order valence-electron chi connectivity index (χ2n) is 8.10. The summed E-state index contributed by atoms with van der Waals surface area (Å²) in [5, 5.41) is 6.96. The van der Waals surface area contributed by atoms with E-state index in [-0.39, 0.29) is 17.0 Å². The number of anilines is 1. The highest BCUT2D eigenvalue weighted by atomic mass is 19.1. The van der Waals surface area contributed by atoms with E-state index in [1.54, 1.807) is 31.3 Å². The van der Waals surface area contributed by atoms with Crippen LogP contribution in [0.15, 0.2) is 53.5 Å². The Morgan fingerprint density at radius 3 is 2.38 bits per heavy atom. The van der Waals surface area contributed by atoms with Crippen LogP contribution >= 0.6 is 0 Å². The molecule has 1 aliphatic heterocycles. The van der Waals surface area contributed by atoms with E-state index in [4.69, 9.17) is 0 Å². The van der Waals surface area contributed by atoms with Crippen LogP contribution in [0, 0.1) is 11.6 Å². The fraction of sp³-hybridized carbons (Fsp3) is 0.435. The first-order valence-corrected chi connectivity index (χ1v) is 10.3. The Balaban J connectivity index is 1.28. The van der Waals surface area contributed by atoms with Gasteiger partial charge in [-0.3, -0.25) is 4.99 Å². The third-order valence-electron chi connectivity index (χ3n) is 6.12. The standard InChI is InChI=1S/C23H28F2N4/c1-26-22(27-16-23(10-11-23)17-4-2-5-18(24)14-17)28-20-8-12-29(13-9-20)21-7-3-6-19(25)15-21/h2-7,14-15,20H,8-13,16H2,1H3,(H2,26,27,28). The summed E-state index contributed by atoms with van der Waals surface area (Å²) >= 11 is 0. The average Bonchev–Trinajstić information content (AvgIpc) is 3.53. The molecule has 4 rings (SSSR count). The molecule has 1 saturated carbocycles. The molecule has 0 spiro atoms. The smallest absolute Gasteiger partial charge is 0.191 e. The first-order valence-electron chi connectivity index (χ1n) is 10.3. The lowest BCUT2D eigenvalue weighted by atomic mass is 9.96. The molecule has 0 amide bonds. The first kappa shape index (κ1) is 19.7. The Morgan fingerprint density at radius 1 is 1.07 bits per heavy atom. The molecule has 29 heavy (non-hydrogen) atoms. The second-order valence-corrected chi connectivity index (χ2v) is 8.10. The van der Waals surface area contributed by atoms with Gasteiger partial charge in [-0.1, -0.05) is 18.2 Å². The van der Waals surface area contributed by atoms with Crippen molar-refractivity contribution in [2.24, 2.45) is 4.99 Å². The normalized spacial score (nSPS) is 19.1. The van der Waals surface area contributed by atoms with E-state index in [0.717, 1.165) is 62.5 Å². The zero-order chi connectivity index (χ0) is 20.3. The van der Waals surface area contributed by atoms with Crippen LogP contribution < -0.4 is 15.5 Å². The van der Waals surface area contributed by atoms with E-state index in [0.29, 0.717) is 6.04 Å². The van der Waals surface area contributed by atoms with Crippen LogP contribution in [0.2, 0.25) is 0 Å². The summed E-state index contributed by atoms with van der Waals surface area (Å²) in [5.41, 5.74) is 2.01. The molecule has 1 heterocycles. The minimum absolute atomic E-state index is 0.0144. The van der Waals surface area contributed by atoms with Crippen LogP contribution in [0.4, 0.5) is 14.5 Å². The Kier molecular flexibility index (Phi) is 5.69. The van der Waals surface area contributed by atoms with Crippen molar-refractivity contribution in [1.82, 2.24) is 10.6 Å². The minimum atomic E-state index is -0.195. The van der Waals surface area contributed by atoms with Crippen molar-refractivity contribution in [2.75, 3.05) is 31.6 Å². The van der Waals surface area contributed by atoms with E-state index in [1.165, 1.54) is 12.1 Å². The van der Waals surface area contributed by atoms with Crippen LogP contribution in [0.25, 0.3) is 0 Å². The topological polar surface area (TPSA) is 39.7 Å². The molecule has 4 nitrogen and oxygen atoms in total. The fourth-order valence-corrected chi connectivity index (χ4v) is 4.13. The molecule has 2 aromatic carbocycles. The summed E-state index contributed by atoms with van der Waals surface area (Å²) in [7, 11) is 1.78. The van der Waals surface area contributed by atoms with Crippen LogP contribution in [0.5, 0.6) is 0 Å². The highest BCUT2D eigenvalue weighted by Crippen LogP contribution is 2.47. The van der Waals surface area contributed by atoms with Crippen LogP contribution in [0.1, 0.15) is 31.2 Å². The number of hydrogen-bond acceptors (Lipinski definition) is 2. The Labute approximate surface area is 171 Å². The molecule has 2 aromatic rings. The highest BCUT2D eigenvalue weighted by molar-refractivity contribution is 5.80. The highest BCUT2D eigenvalue weighted by Gasteiger charge is 2.44. The van der Waals surface area contributed by atoms with E-state index >= 15 is 0 Å². The van der Waals surface area contributed by atoms with E-state index < -0.39 is 0 Å². The summed E-state index contributed by atoms with van der Waals surface area (Å²) in [6, 6.07) is 14.0. The number of guanidine groups is 1. The van der Waals surface area contributed by atoms with Gasteiger partial charge in [-0.2, -0.15) is 0 Å². The second kappa shape index (κ2) is 8.39. The van der Waals surface area contributed by atoms with Crippen LogP contribution in [-0.2, 0) is 5.41 Å². The van der Waals surface area contributed by atoms with Crippen molar-refractivity contribution in [2.45, 2.75) is 37.1 Å². The molecule has 0 unspecified atom stereocenters. The zero-order valence-corrected chi connectivity index (χ0v) is 16.8. The van der Waals surface area contributed by atoms with E-state index in [1.807, 2.05) is 12.1 Å². The molecular formula is C23H28F2N4. The zero-order valence-electron chi connectivity index (χ0n) is 16.8. The largest absolute Gasteiger partial charge is 0.371 e. The molecule has 0 radical (unpaired) electrons. The van der Waals surface area contributed by atoms with Gasteiger partial charge in [-0.15, -0.1) is 0 Å². The van der Waals surface area contributed by atoms with Crippen LogP contribution in [-0.4, -0.2) is 38.7 Å². The van der Waals surface area contributed by atoms with Crippen molar-refractivity contribution in [3.05, 3.63) is 65.7 Å². The van der Waals surface area contributed by atoms with E-state index in [9.17, 15) is 8.78 Å². The summed E-state index contributed by atoms with van der Waals surface area (Å²) < 4.78 is 27.1. The van der Waals surface area contributed by atoms with Crippen molar-refractivity contribution >= 4 is 11.6 Å². The number of piperidine rings is 1. The predicted molar refractivity (Wildman–Crippen MR) is 113 cm³/mol. The van der Waals surface area contributed by atoms with Crippen molar-refractivity contribution in [3.8, 4) is 0 Å². The van der Waals surface area contributed by atoms with Gasteiger partial charge in [0.2, 0.25) is 0 Å². The quantitative estimate of drug-likeness (QED) is 0.594. The van der Waals surface area contributed by atoms with Gasteiger partial charge in [-0.05, 0) is 61.6 Å². The Hall–Kier alpha value is -2.63. The molecule has 1 aliphatic carbocycles. The molecule has 154 valence electrons. The van der Waals surface area contributed by atoms with E-state index in [2.05, 4.69) is 20.5 Å². The Morgan fingerprint density at radius 2 is 1.76 bits per heavy atom. The maximum atomic E-state index is 13.6. The maximum absolute atomic E-state index is 13.6. The first-order chi connectivity index (χ1) is 14.1. The molecular weight excluding hydrogens is 370 g/mol. The lowest BCUT2D eigenvalue weighted by Gasteiger charge is -2.34. The van der Waals surface area contributed by atoms with Gasteiger partial charge in [0.1, 0.15) is 11.6 Å². The molecule has 0 atom stereocenters. The number of benzene rings is 2. The van der Waals surface area contributed by atoms with Crippen LogP contribution in [0.3, 0.4) is 0 Å². The summed E-state index contributed by atoms with van der Waals surface area (Å²) in [5.74, 6) is 0.415. The number of rotatable bonds is 5. The molecule has 1 saturated heterocycles. The van der Waals surface area contributed by atoms with Crippen molar-refractivity contribution in [1.29, 1.82) is 0 Å². The van der Waals surface area contributed by atoms with Gasteiger partial charge in [0.15, 0.2) is 5.96 Å². The number of nitrogens with one attached hydrogen (secondary N) is 2. The van der Waals surface area contributed by atoms with Gasteiger partial charge in [-0.25, -0.2) is 8.78 Å². The molecule has 2 N–H and O–H groups in total. The molecule has 0 bridgehead atoms. The predicted octanol–water partition coefficient (Wildman–Crippen LogP) is 3.83. The Bertz CT molecular complexity index is 871. The average molecular weight is 399 g/mol. The summed E-state index contributed by atoms with van der Waals surface area (Å²) in [6.07, 6.45) is 4.05. The van der Waals surface area contributed by atoms with Gasteiger partial charge in [0, 0.05) is 43.8 Å².